The van der Waals surface area contributed by atoms with Crippen LogP contribution in [-0.4, -0.2) is 46.3 Å². The van der Waals surface area contributed by atoms with Gasteiger partial charge in [0.2, 0.25) is 0 Å². The molecule has 29 heavy (non-hydrogen) atoms. The Bertz CT molecular complexity index is 874. The molecular weight excluding hydrogens is 372 g/mol. The molecule has 7 nitrogen and oxygen atoms in total. The zero-order chi connectivity index (χ0) is 20.8. The van der Waals surface area contributed by atoms with Crippen molar-refractivity contribution in [1.29, 1.82) is 0 Å². The normalized spacial score (nSPS) is 13.6. The molecule has 1 amide bonds. The van der Waals surface area contributed by atoms with Crippen LogP contribution in [0.1, 0.15) is 40.0 Å². The van der Waals surface area contributed by atoms with Gasteiger partial charge in [0.05, 0.1) is 32.6 Å². The number of hydrogen-bond donors (Lipinski definition) is 1. The smallest absolute Gasteiger partial charge is 0.340 e. The van der Waals surface area contributed by atoms with Crippen molar-refractivity contribution in [2.24, 2.45) is 0 Å². The van der Waals surface area contributed by atoms with Crippen molar-refractivity contribution < 1.29 is 23.8 Å². The molecule has 0 bridgehead atoms. The molecule has 0 atom stereocenters. The number of esters is 1. The number of benzene rings is 2. The summed E-state index contributed by atoms with van der Waals surface area (Å²) in [5.74, 6) is -0.137. The highest BCUT2D eigenvalue weighted by molar-refractivity contribution is 6.08. The van der Waals surface area contributed by atoms with Crippen LogP contribution in [0, 0.1) is 0 Å². The van der Waals surface area contributed by atoms with Crippen molar-refractivity contribution in [3.63, 3.8) is 0 Å². The summed E-state index contributed by atoms with van der Waals surface area (Å²) in [5.41, 5.74) is 2.09. The van der Waals surface area contributed by atoms with Gasteiger partial charge in [-0.05, 0) is 43.5 Å². The Kier molecular flexibility index (Phi) is 6.59. The van der Waals surface area contributed by atoms with Gasteiger partial charge in [-0.3, -0.25) is 4.79 Å². The zero-order valence-electron chi connectivity index (χ0n) is 17.0. The van der Waals surface area contributed by atoms with Crippen molar-refractivity contribution in [1.82, 2.24) is 0 Å². The predicted octanol–water partition coefficient (Wildman–Crippen LogP) is 3.73. The van der Waals surface area contributed by atoms with Crippen molar-refractivity contribution >= 4 is 23.3 Å². The van der Waals surface area contributed by atoms with Crippen LogP contribution in [0.3, 0.4) is 0 Å². The van der Waals surface area contributed by atoms with Gasteiger partial charge >= 0.3 is 5.97 Å². The fraction of sp³-hybridized carbons (Fsp3) is 0.364. The largest absolute Gasteiger partial charge is 0.493 e. The number of amides is 1. The van der Waals surface area contributed by atoms with E-state index in [0.29, 0.717) is 22.7 Å². The molecule has 0 aromatic heterocycles. The van der Waals surface area contributed by atoms with Gasteiger partial charge in [-0.1, -0.05) is 0 Å². The van der Waals surface area contributed by atoms with E-state index in [1.165, 1.54) is 46.7 Å². The molecule has 2 aromatic carbocycles. The number of carbonyl (C=O) groups excluding carboxylic acids is 2. The number of methoxy groups -OCH3 is 3. The Morgan fingerprint density at radius 3 is 2.10 bits per heavy atom. The molecule has 154 valence electrons. The molecule has 0 aliphatic carbocycles. The Labute approximate surface area is 170 Å². The fourth-order valence-electron chi connectivity index (χ4n) is 3.43. The van der Waals surface area contributed by atoms with E-state index in [1.54, 1.807) is 18.2 Å². The minimum Gasteiger partial charge on any atom is -0.493 e. The van der Waals surface area contributed by atoms with Gasteiger partial charge < -0.3 is 24.4 Å². The third-order valence-electron chi connectivity index (χ3n) is 5.03. The van der Waals surface area contributed by atoms with Crippen LogP contribution in [0.2, 0.25) is 0 Å². The SMILES string of the molecule is COC(=O)c1cc(OC)c(OC)cc1NC(=O)c1ccc(N2CCCCC2)cc1. The topological polar surface area (TPSA) is 77.1 Å². The summed E-state index contributed by atoms with van der Waals surface area (Å²) >= 11 is 0. The maximum Gasteiger partial charge on any atom is 0.340 e. The van der Waals surface area contributed by atoms with E-state index in [4.69, 9.17) is 14.2 Å². The second-order valence-corrected chi connectivity index (χ2v) is 6.79. The molecule has 1 N–H and O–H groups in total. The number of nitrogens with one attached hydrogen (secondary N) is 1. The van der Waals surface area contributed by atoms with Crippen LogP contribution in [0.4, 0.5) is 11.4 Å². The molecule has 1 aliphatic heterocycles. The number of nitrogens with zero attached hydrogens (tertiary/aromatic N) is 1. The Balaban J connectivity index is 1.83. The van der Waals surface area contributed by atoms with Crippen LogP contribution in [0.5, 0.6) is 11.5 Å². The lowest BCUT2D eigenvalue weighted by Gasteiger charge is -2.28. The van der Waals surface area contributed by atoms with E-state index >= 15 is 0 Å². The lowest BCUT2D eigenvalue weighted by molar-refractivity contribution is 0.0601. The fourth-order valence-corrected chi connectivity index (χ4v) is 3.43. The Hall–Kier alpha value is -3.22. The molecule has 1 heterocycles. The highest BCUT2D eigenvalue weighted by Crippen LogP contribution is 2.34. The van der Waals surface area contributed by atoms with Crippen LogP contribution < -0.4 is 19.7 Å². The number of hydrogen-bond acceptors (Lipinski definition) is 6. The van der Waals surface area contributed by atoms with Gasteiger partial charge in [-0.25, -0.2) is 4.79 Å². The quantitative estimate of drug-likeness (QED) is 0.747. The number of carbonyl (C=O) groups is 2. The summed E-state index contributed by atoms with van der Waals surface area (Å²) in [6, 6.07) is 10.5. The lowest BCUT2D eigenvalue weighted by atomic mass is 10.1. The molecule has 1 aliphatic rings. The summed E-state index contributed by atoms with van der Waals surface area (Å²) in [7, 11) is 4.24. The second kappa shape index (κ2) is 9.32. The summed E-state index contributed by atoms with van der Waals surface area (Å²) in [4.78, 5) is 27.3. The Morgan fingerprint density at radius 2 is 1.52 bits per heavy atom. The van der Waals surface area contributed by atoms with Crippen LogP contribution in [0.25, 0.3) is 0 Å². The standard InChI is InChI=1S/C22H26N2O5/c1-27-19-13-17(22(26)29-3)18(14-20(19)28-2)23-21(25)15-7-9-16(10-8-15)24-11-5-4-6-12-24/h7-10,13-14H,4-6,11-12H2,1-3H3,(H,23,25). The van der Waals surface area contributed by atoms with Crippen molar-refractivity contribution in [3.8, 4) is 11.5 Å². The molecule has 2 aromatic rings. The Morgan fingerprint density at radius 1 is 0.897 bits per heavy atom. The van der Waals surface area contributed by atoms with Gasteiger partial charge in [0.1, 0.15) is 0 Å². The van der Waals surface area contributed by atoms with E-state index in [1.807, 2.05) is 12.1 Å². The monoisotopic (exact) mass is 398 g/mol. The first-order chi connectivity index (χ1) is 14.1. The first-order valence-corrected chi connectivity index (χ1v) is 9.58. The highest BCUT2D eigenvalue weighted by atomic mass is 16.5. The summed E-state index contributed by atoms with van der Waals surface area (Å²) < 4.78 is 15.3. The summed E-state index contributed by atoms with van der Waals surface area (Å²) in [5, 5.41) is 2.78. The number of ether oxygens (including phenoxy) is 3. The third-order valence-corrected chi connectivity index (χ3v) is 5.03. The van der Waals surface area contributed by atoms with Crippen LogP contribution >= 0.6 is 0 Å². The molecule has 0 saturated carbocycles. The molecule has 7 heteroatoms. The number of piperidine rings is 1. The third kappa shape index (κ3) is 4.62. The average Bonchev–Trinajstić information content (AvgIpc) is 2.78. The first-order valence-electron chi connectivity index (χ1n) is 9.58. The van der Waals surface area contributed by atoms with E-state index in [9.17, 15) is 9.59 Å². The molecule has 0 radical (unpaired) electrons. The van der Waals surface area contributed by atoms with Crippen LogP contribution in [-0.2, 0) is 4.74 Å². The van der Waals surface area contributed by atoms with Crippen molar-refractivity contribution in [3.05, 3.63) is 47.5 Å². The number of rotatable bonds is 6. The highest BCUT2D eigenvalue weighted by Gasteiger charge is 2.20. The minimum absolute atomic E-state index is 0.184. The zero-order valence-corrected chi connectivity index (χ0v) is 17.0. The van der Waals surface area contributed by atoms with Gasteiger partial charge in [0.15, 0.2) is 11.5 Å². The molecular formula is C22H26N2O5. The maximum atomic E-state index is 12.8. The maximum absolute atomic E-state index is 12.8. The molecule has 1 fully saturated rings. The minimum atomic E-state index is -0.582. The predicted molar refractivity (Wildman–Crippen MR) is 111 cm³/mol. The number of anilines is 2. The van der Waals surface area contributed by atoms with E-state index in [2.05, 4.69) is 10.2 Å². The average molecular weight is 398 g/mol. The van der Waals surface area contributed by atoms with Crippen LogP contribution in [0.15, 0.2) is 36.4 Å². The van der Waals surface area contributed by atoms with E-state index in [0.717, 1.165) is 18.8 Å². The van der Waals surface area contributed by atoms with Crippen molar-refractivity contribution in [2.45, 2.75) is 19.3 Å². The van der Waals surface area contributed by atoms with E-state index in [-0.39, 0.29) is 11.5 Å². The van der Waals surface area contributed by atoms with Crippen molar-refractivity contribution in [2.75, 3.05) is 44.6 Å². The van der Waals surface area contributed by atoms with Gasteiger partial charge in [0, 0.05) is 36.5 Å². The summed E-state index contributed by atoms with van der Waals surface area (Å²) in [6.07, 6.45) is 3.65. The second-order valence-electron chi connectivity index (χ2n) is 6.79. The molecule has 1 saturated heterocycles. The molecule has 0 spiro atoms. The molecule has 0 unspecified atom stereocenters. The van der Waals surface area contributed by atoms with Gasteiger partial charge in [0.25, 0.3) is 5.91 Å². The first kappa shape index (κ1) is 20.5. The van der Waals surface area contributed by atoms with Gasteiger partial charge in [-0.15, -0.1) is 0 Å². The lowest BCUT2D eigenvalue weighted by Crippen LogP contribution is -2.29. The summed E-state index contributed by atoms with van der Waals surface area (Å²) in [6.45, 7) is 2.08. The molecule has 3 rings (SSSR count). The van der Waals surface area contributed by atoms with E-state index < -0.39 is 5.97 Å². The van der Waals surface area contributed by atoms with Gasteiger partial charge in [-0.2, -0.15) is 0 Å².